The lowest BCUT2D eigenvalue weighted by Gasteiger charge is -2.36. The van der Waals surface area contributed by atoms with Gasteiger partial charge in [-0.05, 0) is 57.7 Å². The van der Waals surface area contributed by atoms with Crippen LogP contribution in [0.2, 0.25) is 5.28 Å². The van der Waals surface area contributed by atoms with Gasteiger partial charge in [0.25, 0.3) is 0 Å². The summed E-state index contributed by atoms with van der Waals surface area (Å²) in [5.41, 5.74) is -0.543. The molecule has 128 valence electrons. The summed E-state index contributed by atoms with van der Waals surface area (Å²) >= 11 is 5.74. The van der Waals surface area contributed by atoms with Crippen molar-refractivity contribution < 1.29 is 13.7 Å². The monoisotopic (exact) mass is 359 g/mol. The van der Waals surface area contributed by atoms with Crippen LogP contribution >= 0.6 is 11.6 Å². The highest BCUT2D eigenvalue weighted by molar-refractivity contribution is 7.85. The van der Waals surface area contributed by atoms with E-state index in [0.29, 0.717) is 17.3 Å². The highest BCUT2D eigenvalue weighted by Gasteiger charge is 2.31. The van der Waals surface area contributed by atoms with Gasteiger partial charge in [0.15, 0.2) is 0 Å². The summed E-state index contributed by atoms with van der Waals surface area (Å²) in [4.78, 5) is 21.8. The van der Waals surface area contributed by atoms with Crippen molar-refractivity contribution in [1.29, 1.82) is 0 Å². The van der Waals surface area contributed by atoms with Gasteiger partial charge >= 0.3 is 6.09 Å². The molecule has 0 N–H and O–H groups in total. The summed E-state index contributed by atoms with van der Waals surface area (Å²) in [6.07, 6.45) is 3.88. The van der Waals surface area contributed by atoms with Gasteiger partial charge in [0.05, 0.1) is 16.6 Å². The SMILES string of the molecule is CC(C)(C)OC(=O)N1CCCC[C@H]1C[S@@](=O)c1ccnc(Cl)n1. The topological polar surface area (TPSA) is 72.4 Å². The number of rotatable bonds is 3. The summed E-state index contributed by atoms with van der Waals surface area (Å²) in [6.45, 7) is 6.14. The predicted molar refractivity (Wildman–Crippen MR) is 88.9 cm³/mol. The molecule has 0 bridgehead atoms. The molecule has 6 nitrogen and oxygen atoms in total. The molecule has 0 aromatic carbocycles. The van der Waals surface area contributed by atoms with Gasteiger partial charge in [-0.2, -0.15) is 0 Å². The number of carbonyl (C=O) groups excluding carboxylic acids is 1. The summed E-state index contributed by atoms with van der Waals surface area (Å²) in [6, 6.07) is 1.47. The van der Waals surface area contributed by atoms with E-state index in [9.17, 15) is 9.00 Å². The molecule has 2 heterocycles. The Morgan fingerprint density at radius 3 is 2.87 bits per heavy atom. The molecule has 1 fully saturated rings. The van der Waals surface area contributed by atoms with Crippen LogP contribution in [0.5, 0.6) is 0 Å². The van der Waals surface area contributed by atoms with Crippen LogP contribution in [0, 0.1) is 0 Å². The Morgan fingerprint density at radius 2 is 2.22 bits per heavy atom. The van der Waals surface area contributed by atoms with Crippen LogP contribution in [0.1, 0.15) is 40.0 Å². The van der Waals surface area contributed by atoms with Crippen molar-refractivity contribution in [3.63, 3.8) is 0 Å². The molecule has 1 aliphatic heterocycles. The minimum atomic E-state index is -1.34. The third-order valence-corrected chi connectivity index (χ3v) is 5.00. The van der Waals surface area contributed by atoms with E-state index in [0.717, 1.165) is 19.3 Å². The molecule has 0 spiro atoms. The molecular formula is C15H22ClN3O3S. The number of piperidine rings is 1. The number of halogens is 1. The molecule has 1 aromatic heterocycles. The van der Waals surface area contributed by atoms with E-state index in [2.05, 4.69) is 9.97 Å². The Balaban J connectivity index is 2.06. The molecule has 1 amide bonds. The highest BCUT2D eigenvalue weighted by Crippen LogP contribution is 2.22. The fourth-order valence-electron chi connectivity index (χ4n) is 2.44. The lowest BCUT2D eigenvalue weighted by Crippen LogP contribution is -2.48. The maximum Gasteiger partial charge on any atom is 0.410 e. The number of hydrogen-bond donors (Lipinski definition) is 0. The number of ether oxygens (including phenoxy) is 1. The van der Waals surface area contributed by atoms with Crippen LogP contribution in [0.3, 0.4) is 0 Å². The number of likely N-dealkylation sites (tertiary alicyclic amines) is 1. The van der Waals surface area contributed by atoms with E-state index in [1.54, 1.807) is 11.0 Å². The Kier molecular flexibility index (Phi) is 5.97. The average molecular weight is 360 g/mol. The van der Waals surface area contributed by atoms with Crippen molar-refractivity contribution in [3.05, 3.63) is 17.5 Å². The van der Waals surface area contributed by atoms with Crippen molar-refractivity contribution in [1.82, 2.24) is 14.9 Å². The lowest BCUT2D eigenvalue weighted by molar-refractivity contribution is 0.0125. The molecule has 0 aliphatic carbocycles. The summed E-state index contributed by atoms with van der Waals surface area (Å²) in [5, 5.41) is 0.461. The molecule has 23 heavy (non-hydrogen) atoms. The quantitative estimate of drug-likeness (QED) is 0.612. The smallest absolute Gasteiger partial charge is 0.410 e. The zero-order chi connectivity index (χ0) is 17.0. The Morgan fingerprint density at radius 1 is 1.48 bits per heavy atom. The second-order valence-corrected chi connectivity index (χ2v) is 8.28. The average Bonchev–Trinajstić information content (AvgIpc) is 2.46. The molecule has 8 heteroatoms. The Labute approximate surface area is 144 Å². The first kappa shape index (κ1) is 18.1. The van der Waals surface area contributed by atoms with E-state index in [4.69, 9.17) is 16.3 Å². The number of aromatic nitrogens is 2. The zero-order valence-corrected chi connectivity index (χ0v) is 15.2. The Hall–Kier alpha value is -1.21. The van der Waals surface area contributed by atoms with Crippen molar-refractivity contribution in [3.8, 4) is 0 Å². The minimum Gasteiger partial charge on any atom is -0.444 e. The van der Waals surface area contributed by atoms with Crippen LogP contribution in [-0.2, 0) is 15.5 Å². The zero-order valence-electron chi connectivity index (χ0n) is 13.6. The van der Waals surface area contributed by atoms with Gasteiger partial charge in [0.2, 0.25) is 5.28 Å². The molecule has 2 atom stereocenters. The number of carbonyl (C=O) groups is 1. The predicted octanol–water partition coefficient (Wildman–Crippen LogP) is 3.03. The maximum atomic E-state index is 12.5. The molecule has 0 radical (unpaired) electrons. The standard InChI is InChI=1S/C15H22ClN3O3S/c1-15(2,3)22-14(20)19-9-5-4-6-11(19)10-23(21)12-7-8-17-13(16)18-12/h7-8,11H,4-6,9-10H2,1-3H3/t11-,23+/m0/s1. The van der Waals surface area contributed by atoms with E-state index >= 15 is 0 Å². The van der Waals surface area contributed by atoms with Crippen LogP contribution in [0.4, 0.5) is 4.79 Å². The first-order valence-electron chi connectivity index (χ1n) is 7.63. The first-order chi connectivity index (χ1) is 10.8. The number of amides is 1. The van der Waals surface area contributed by atoms with Crippen molar-refractivity contribution >= 4 is 28.5 Å². The Bertz CT molecular complexity index is 592. The van der Waals surface area contributed by atoms with Crippen LogP contribution < -0.4 is 0 Å². The fraction of sp³-hybridized carbons (Fsp3) is 0.667. The molecule has 1 saturated heterocycles. The third kappa shape index (κ3) is 5.42. The summed E-state index contributed by atoms with van der Waals surface area (Å²) < 4.78 is 18.0. The normalized spacial score (nSPS) is 20.2. The van der Waals surface area contributed by atoms with E-state index in [1.807, 2.05) is 20.8 Å². The molecule has 1 aliphatic rings. The number of hydrogen-bond acceptors (Lipinski definition) is 5. The minimum absolute atomic E-state index is 0.0727. The lowest BCUT2D eigenvalue weighted by atomic mass is 10.0. The van der Waals surface area contributed by atoms with Crippen molar-refractivity contribution in [2.45, 2.75) is 56.7 Å². The summed E-state index contributed by atoms with van der Waals surface area (Å²) in [5.74, 6) is 0.326. The summed E-state index contributed by atoms with van der Waals surface area (Å²) in [7, 11) is -1.34. The molecule has 0 unspecified atom stereocenters. The highest BCUT2D eigenvalue weighted by atomic mass is 35.5. The molecule has 2 rings (SSSR count). The van der Waals surface area contributed by atoms with Gasteiger partial charge in [-0.3, -0.25) is 4.21 Å². The van der Waals surface area contributed by atoms with E-state index in [-0.39, 0.29) is 17.4 Å². The van der Waals surface area contributed by atoms with Gasteiger partial charge in [0, 0.05) is 18.8 Å². The van der Waals surface area contributed by atoms with Gasteiger partial charge in [-0.25, -0.2) is 14.8 Å². The van der Waals surface area contributed by atoms with E-state index < -0.39 is 16.4 Å². The number of nitrogens with zero attached hydrogens (tertiary/aromatic N) is 3. The van der Waals surface area contributed by atoms with Crippen LogP contribution in [0.15, 0.2) is 17.3 Å². The van der Waals surface area contributed by atoms with Gasteiger partial charge < -0.3 is 9.64 Å². The molecule has 0 saturated carbocycles. The molecule has 1 aromatic rings. The van der Waals surface area contributed by atoms with Crippen molar-refractivity contribution in [2.24, 2.45) is 0 Å². The second-order valence-electron chi connectivity index (χ2n) is 6.50. The van der Waals surface area contributed by atoms with Gasteiger partial charge in [0.1, 0.15) is 10.6 Å². The second kappa shape index (κ2) is 7.57. The van der Waals surface area contributed by atoms with Gasteiger partial charge in [-0.15, -0.1) is 0 Å². The largest absolute Gasteiger partial charge is 0.444 e. The van der Waals surface area contributed by atoms with Crippen LogP contribution in [0.25, 0.3) is 0 Å². The van der Waals surface area contributed by atoms with Crippen molar-refractivity contribution in [2.75, 3.05) is 12.3 Å². The first-order valence-corrected chi connectivity index (χ1v) is 9.32. The van der Waals surface area contributed by atoms with Crippen LogP contribution in [-0.4, -0.2) is 49.1 Å². The molecular weight excluding hydrogens is 338 g/mol. The fourth-order valence-corrected chi connectivity index (χ4v) is 3.91. The maximum absolute atomic E-state index is 12.5. The van der Waals surface area contributed by atoms with Gasteiger partial charge in [-0.1, -0.05) is 0 Å². The third-order valence-electron chi connectivity index (χ3n) is 3.43. The van der Waals surface area contributed by atoms with E-state index in [1.165, 1.54) is 6.20 Å².